The van der Waals surface area contributed by atoms with Crippen molar-refractivity contribution < 1.29 is 34.1 Å². The van der Waals surface area contributed by atoms with Crippen LogP contribution in [0.2, 0.25) is 0 Å². The summed E-state index contributed by atoms with van der Waals surface area (Å²) in [4.78, 5) is 85.0. The molecule has 2 rings (SSSR count). The molecule has 52 heavy (non-hydrogen) atoms. The van der Waals surface area contributed by atoms with Gasteiger partial charge in [-0.15, -0.1) is 6.58 Å². The van der Waals surface area contributed by atoms with Crippen LogP contribution in [-0.4, -0.2) is 90.9 Å². The third kappa shape index (κ3) is 13.9. The average molecular weight is 740 g/mol. The number of amides is 4. The third-order valence-electron chi connectivity index (χ3n) is 9.35. The standard InChI is InChI=1S/C14H23N3O5.C13H26O2.C10H16N2O3/c1-4-7-15-12(20)16(8-10(18)5-2)14(22)17(13(15)21)9-11(19)6-3;1-3-4-5-6-7-8-9-10-11-12-13(14)15-2;1-5-10(6-2)7(13)11(3)9(15)12(4)8(10)14/h4,10-11,18-19H,1,5-9H2,2-3H3;3-12H2,1-2H3;5-6H2,1-4H3. The number of aromatic nitrogens is 3. The molecule has 0 spiro atoms. The highest BCUT2D eigenvalue weighted by Gasteiger charge is 2.52. The van der Waals surface area contributed by atoms with Crippen LogP contribution in [0.3, 0.4) is 0 Å². The van der Waals surface area contributed by atoms with Crippen molar-refractivity contribution in [2.75, 3.05) is 21.2 Å². The van der Waals surface area contributed by atoms with Gasteiger partial charge in [-0.05, 0) is 32.1 Å². The van der Waals surface area contributed by atoms with E-state index in [4.69, 9.17) is 0 Å². The molecule has 1 aromatic heterocycles. The summed E-state index contributed by atoms with van der Waals surface area (Å²) in [5.41, 5.74) is -3.44. The lowest BCUT2D eigenvalue weighted by molar-refractivity contribution is -0.157. The molecule has 298 valence electrons. The number of rotatable bonds is 20. The summed E-state index contributed by atoms with van der Waals surface area (Å²) < 4.78 is 7.09. The van der Waals surface area contributed by atoms with Crippen molar-refractivity contribution in [3.63, 3.8) is 0 Å². The van der Waals surface area contributed by atoms with Crippen LogP contribution in [0, 0.1) is 5.41 Å². The number of methoxy groups -OCH3 is 1. The number of hydrogen-bond donors (Lipinski definition) is 2. The summed E-state index contributed by atoms with van der Waals surface area (Å²) in [5, 5.41) is 19.4. The Morgan fingerprint density at radius 1 is 0.692 bits per heavy atom. The molecule has 0 saturated carbocycles. The predicted octanol–water partition coefficient (Wildman–Crippen LogP) is 3.82. The number of unbranched alkanes of at least 4 members (excludes halogenated alkanes) is 8. The lowest BCUT2D eigenvalue weighted by Crippen LogP contribution is -2.62. The van der Waals surface area contributed by atoms with Crippen molar-refractivity contribution in [1.82, 2.24) is 23.5 Å². The number of hydrogen-bond acceptors (Lipinski definition) is 10. The summed E-state index contributed by atoms with van der Waals surface area (Å²) in [7, 11) is 4.28. The summed E-state index contributed by atoms with van der Waals surface area (Å²) in [5.74, 6) is -0.848. The monoisotopic (exact) mass is 739 g/mol. The van der Waals surface area contributed by atoms with E-state index in [-0.39, 0.29) is 37.4 Å². The fourth-order valence-corrected chi connectivity index (χ4v) is 5.63. The van der Waals surface area contributed by atoms with E-state index in [1.165, 1.54) is 78.6 Å². The second kappa shape index (κ2) is 25.2. The van der Waals surface area contributed by atoms with Gasteiger partial charge in [0.05, 0.1) is 39.0 Å². The number of imide groups is 2. The molecule has 2 unspecified atom stereocenters. The molecule has 1 aliphatic heterocycles. The first-order chi connectivity index (χ1) is 24.6. The molecule has 2 N–H and O–H groups in total. The number of aliphatic hydroxyl groups is 2. The summed E-state index contributed by atoms with van der Waals surface area (Å²) in [6.07, 6.45) is 13.4. The molecule has 0 radical (unpaired) electrons. The summed E-state index contributed by atoms with van der Waals surface area (Å²) in [6, 6.07) is -0.553. The zero-order chi connectivity index (χ0) is 40.0. The molecule has 0 aliphatic carbocycles. The van der Waals surface area contributed by atoms with Crippen LogP contribution in [0.1, 0.15) is 125 Å². The molecule has 4 amide bonds. The number of carbonyl (C=O) groups is 4. The van der Waals surface area contributed by atoms with Crippen LogP contribution in [0.5, 0.6) is 0 Å². The van der Waals surface area contributed by atoms with Crippen molar-refractivity contribution in [2.24, 2.45) is 5.41 Å². The molecule has 1 aliphatic rings. The fourth-order valence-electron chi connectivity index (χ4n) is 5.63. The van der Waals surface area contributed by atoms with Gasteiger partial charge in [-0.1, -0.05) is 92.1 Å². The van der Waals surface area contributed by atoms with Gasteiger partial charge in [0.1, 0.15) is 5.41 Å². The van der Waals surface area contributed by atoms with Gasteiger partial charge in [-0.3, -0.25) is 24.2 Å². The highest BCUT2D eigenvalue weighted by atomic mass is 16.5. The predicted molar refractivity (Wildman–Crippen MR) is 200 cm³/mol. The molecule has 1 fully saturated rings. The average Bonchev–Trinajstić information content (AvgIpc) is 3.15. The Morgan fingerprint density at radius 3 is 1.42 bits per heavy atom. The van der Waals surface area contributed by atoms with E-state index in [0.29, 0.717) is 32.1 Å². The van der Waals surface area contributed by atoms with Gasteiger partial charge in [-0.25, -0.2) is 32.9 Å². The fraction of sp³-hybridized carbons (Fsp3) is 0.757. The minimum Gasteiger partial charge on any atom is -0.469 e. The molecule has 2 atom stereocenters. The number of urea groups is 1. The normalized spacial score (nSPS) is 14.9. The van der Waals surface area contributed by atoms with Crippen molar-refractivity contribution >= 4 is 23.8 Å². The molecule has 1 saturated heterocycles. The maximum Gasteiger partial charge on any atom is 0.336 e. The van der Waals surface area contributed by atoms with Crippen molar-refractivity contribution in [3.05, 3.63) is 44.1 Å². The van der Waals surface area contributed by atoms with Crippen molar-refractivity contribution in [3.8, 4) is 0 Å². The Kier molecular flexibility index (Phi) is 23.3. The number of allylic oxidation sites excluding steroid dienone is 1. The highest BCUT2D eigenvalue weighted by Crippen LogP contribution is 2.34. The molecule has 15 nitrogen and oxygen atoms in total. The number of barbiturate groups is 1. The quantitative estimate of drug-likeness (QED) is 0.0861. The van der Waals surface area contributed by atoms with E-state index in [0.717, 1.165) is 29.9 Å². The van der Waals surface area contributed by atoms with Crippen molar-refractivity contribution in [2.45, 2.75) is 156 Å². The van der Waals surface area contributed by atoms with Crippen LogP contribution < -0.4 is 17.1 Å². The molecular formula is C37H65N5O10. The molecule has 0 bridgehead atoms. The van der Waals surface area contributed by atoms with Crippen molar-refractivity contribution in [1.29, 1.82) is 0 Å². The Bertz CT molecular complexity index is 1380. The molecular weight excluding hydrogens is 674 g/mol. The van der Waals surface area contributed by atoms with Crippen LogP contribution in [0.25, 0.3) is 0 Å². The lowest BCUT2D eigenvalue weighted by Gasteiger charge is -2.40. The van der Waals surface area contributed by atoms with Crippen LogP contribution in [0.15, 0.2) is 27.0 Å². The van der Waals surface area contributed by atoms with E-state index in [1.54, 1.807) is 27.7 Å². The van der Waals surface area contributed by atoms with E-state index in [9.17, 15) is 43.8 Å². The maximum atomic E-state index is 12.3. The van der Waals surface area contributed by atoms with E-state index >= 15 is 0 Å². The Hall–Kier alpha value is -3.85. The third-order valence-corrected chi connectivity index (χ3v) is 9.35. The highest BCUT2D eigenvalue weighted by molar-refractivity contribution is 6.18. The second-order valence-electron chi connectivity index (χ2n) is 13.0. The van der Waals surface area contributed by atoms with Crippen LogP contribution in [0.4, 0.5) is 4.79 Å². The van der Waals surface area contributed by atoms with E-state index in [2.05, 4.69) is 18.2 Å². The summed E-state index contributed by atoms with van der Waals surface area (Å²) in [6.45, 7) is 12.3. The molecule has 15 heteroatoms. The van der Waals surface area contributed by atoms with Gasteiger partial charge in [0.2, 0.25) is 11.8 Å². The number of nitrogens with zero attached hydrogens (tertiary/aromatic N) is 5. The van der Waals surface area contributed by atoms with Gasteiger partial charge >= 0.3 is 29.1 Å². The van der Waals surface area contributed by atoms with Crippen LogP contribution in [-0.2, 0) is 38.8 Å². The van der Waals surface area contributed by atoms with Gasteiger partial charge < -0.3 is 14.9 Å². The first-order valence-corrected chi connectivity index (χ1v) is 18.7. The first-order valence-electron chi connectivity index (χ1n) is 18.7. The number of aliphatic hydroxyl groups excluding tert-OH is 2. The molecule has 2 heterocycles. The number of ether oxygens (including phenoxy) is 1. The molecule has 1 aromatic rings. The zero-order valence-corrected chi connectivity index (χ0v) is 32.9. The Morgan fingerprint density at radius 2 is 1.08 bits per heavy atom. The lowest BCUT2D eigenvalue weighted by atomic mass is 9.78. The zero-order valence-electron chi connectivity index (χ0n) is 32.9. The maximum absolute atomic E-state index is 12.3. The minimum atomic E-state index is -1.04. The van der Waals surface area contributed by atoms with Crippen LogP contribution >= 0.6 is 0 Å². The number of esters is 1. The smallest absolute Gasteiger partial charge is 0.336 e. The minimum absolute atomic E-state index is 0.0532. The number of carbonyl (C=O) groups excluding carboxylic acids is 4. The Balaban J connectivity index is 0.000000774. The van der Waals surface area contributed by atoms with E-state index < -0.39 is 40.7 Å². The topological polar surface area (TPSA) is 190 Å². The Labute approximate surface area is 308 Å². The van der Waals surface area contributed by atoms with Gasteiger partial charge in [0, 0.05) is 20.5 Å². The van der Waals surface area contributed by atoms with E-state index in [1.807, 2.05) is 0 Å². The largest absolute Gasteiger partial charge is 0.469 e. The van der Waals surface area contributed by atoms with Gasteiger partial charge in [0.15, 0.2) is 0 Å². The first kappa shape index (κ1) is 48.1. The second-order valence-corrected chi connectivity index (χ2v) is 13.0. The SMILES string of the molecule is C=CCn1c(=O)n(CC(O)CC)c(=O)n(CC(O)CC)c1=O.CCC1(CC)C(=O)N(C)C(=O)N(C)C1=O.CCCCCCCCCCCC(=O)OC. The van der Waals surface area contributed by atoms with Gasteiger partial charge in [0.25, 0.3) is 0 Å². The summed E-state index contributed by atoms with van der Waals surface area (Å²) >= 11 is 0. The van der Waals surface area contributed by atoms with Gasteiger partial charge in [-0.2, -0.15) is 0 Å². The molecule has 0 aromatic carbocycles.